The van der Waals surface area contributed by atoms with Crippen LogP contribution in [0.25, 0.3) is 0 Å². The van der Waals surface area contributed by atoms with Crippen LogP contribution in [0.15, 0.2) is 100 Å². The third kappa shape index (κ3) is 6.41. The fourth-order valence-electron chi connectivity index (χ4n) is 4.94. The number of anilines is 1. The van der Waals surface area contributed by atoms with Gasteiger partial charge in [-0.05, 0) is 71.3 Å². The van der Waals surface area contributed by atoms with Gasteiger partial charge in [-0.1, -0.05) is 62.0 Å². The number of amides is 2. The molecule has 7 nitrogen and oxygen atoms in total. The molecule has 216 valence electrons. The number of benzene rings is 3. The number of thioether (sulfide) groups is 1. The molecule has 0 unspecified atom stereocenters. The van der Waals surface area contributed by atoms with E-state index in [4.69, 9.17) is 9.73 Å². The van der Waals surface area contributed by atoms with Gasteiger partial charge in [0.2, 0.25) is 5.91 Å². The predicted molar refractivity (Wildman–Crippen MR) is 165 cm³/mol. The van der Waals surface area contributed by atoms with E-state index >= 15 is 0 Å². The summed E-state index contributed by atoms with van der Waals surface area (Å²) in [4.78, 5) is 33.7. The van der Waals surface area contributed by atoms with Crippen molar-refractivity contribution in [1.29, 1.82) is 0 Å². The maximum Gasteiger partial charge on any atom is 0.255 e. The van der Waals surface area contributed by atoms with Gasteiger partial charge in [0.05, 0.1) is 30.8 Å². The number of allylic oxidation sites excluding steroid dienone is 1. The monoisotopic (exact) mass is 584 g/mol. The number of halogens is 1. The second-order valence-electron chi connectivity index (χ2n) is 10.5. The summed E-state index contributed by atoms with van der Waals surface area (Å²) in [5.41, 5.74) is 5.43. The molecule has 0 saturated heterocycles. The Kier molecular flexibility index (Phi) is 8.77. The van der Waals surface area contributed by atoms with Crippen LogP contribution in [0.2, 0.25) is 0 Å². The smallest absolute Gasteiger partial charge is 0.255 e. The van der Waals surface area contributed by atoms with Crippen LogP contribution < -0.4 is 15.4 Å². The maximum absolute atomic E-state index is 13.9. The zero-order valence-corrected chi connectivity index (χ0v) is 24.8. The number of methoxy groups -OCH3 is 1. The van der Waals surface area contributed by atoms with E-state index in [-0.39, 0.29) is 30.6 Å². The van der Waals surface area contributed by atoms with Crippen molar-refractivity contribution in [2.75, 3.05) is 12.4 Å². The minimum Gasteiger partial charge on any atom is -0.497 e. The number of ether oxygens (including phenoxy) is 1. The van der Waals surface area contributed by atoms with E-state index in [0.29, 0.717) is 33.8 Å². The van der Waals surface area contributed by atoms with Gasteiger partial charge in [-0.15, -0.1) is 0 Å². The van der Waals surface area contributed by atoms with Crippen molar-refractivity contribution >= 4 is 34.4 Å². The van der Waals surface area contributed by atoms with Gasteiger partial charge in [-0.3, -0.25) is 9.59 Å². The molecule has 2 amide bonds. The van der Waals surface area contributed by atoms with Crippen molar-refractivity contribution in [1.82, 2.24) is 10.2 Å². The Bertz CT molecular complexity index is 1560. The summed E-state index contributed by atoms with van der Waals surface area (Å²) in [5.74, 6) is 0.283. The van der Waals surface area contributed by atoms with Crippen molar-refractivity contribution in [2.45, 2.75) is 45.7 Å². The standard InChI is InChI=1S/C33H33FN4O3S/c1-20(2)23-7-9-24(10-8-23)31-30(32(40)37-26-13-15-28(41-4)16-14-26)21(3)36-33-38(31)27(19-42-33)17-29(39)35-18-22-5-11-25(34)12-6-22/h5-16,19-20,31H,17-18H2,1-4H3,(H,35,39)(H,37,40)/t31-/m0/s1. The number of carbonyl (C=O) groups excluding carboxylic acids is 2. The highest BCUT2D eigenvalue weighted by Crippen LogP contribution is 2.45. The fraction of sp³-hybridized carbons (Fsp3) is 0.242. The lowest BCUT2D eigenvalue weighted by Crippen LogP contribution is -2.38. The van der Waals surface area contributed by atoms with Crippen molar-refractivity contribution < 1.29 is 18.7 Å². The Hall–Kier alpha value is -4.37. The predicted octanol–water partition coefficient (Wildman–Crippen LogP) is 6.88. The van der Waals surface area contributed by atoms with Gasteiger partial charge in [0.15, 0.2) is 5.17 Å². The Balaban J connectivity index is 1.43. The number of carbonyl (C=O) groups is 2. The van der Waals surface area contributed by atoms with Crippen molar-refractivity contribution in [3.63, 3.8) is 0 Å². The van der Waals surface area contributed by atoms with Gasteiger partial charge in [0.25, 0.3) is 5.91 Å². The number of rotatable bonds is 9. The zero-order chi connectivity index (χ0) is 29.8. The summed E-state index contributed by atoms with van der Waals surface area (Å²) in [5, 5.41) is 8.58. The molecule has 2 aliphatic heterocycles. The molecule has 2 aliphatic rings. The van der Waals surface area contributed by atoms with Crippen molar-refractivity contribution in [3.8, 4) is 5.75 Å². The molecule has 1 atom stereocenters. The van der Waals surface area contributed by atoms with Crippen molar-refractivity contribution in [2.24, 2.45) is 4.99 Å². The largest absolute Gasteiger partial charge is 0.497 e. The molecular weight excluding hydrogens is 551 g/mol. The molecule has 0 saturated carbocycles. The molecule has 3 aromatic rings. The van der Waals surface area contributed by atoms with Crippen LogP contribution in [0.4, 0.5) is 10.1 Å². The lowest BCUT2D eigenvalue weighted by Gasteiger charge is -2.36. The normalized spacial score (nSPS) is 16.1. The van der Waals surface area contributed by atoms with Gasteiger partial charge >= 0.3 is 0 Å². The lowest BCUT2D eigenvalue weighted by atomic mass is 9.91. The van der Waals surface area contributed by atoms with Crippen LogP contribution in [0.3, 0.4) is 0 Å². The maximum atomic E-state index is 13.9. The van der Waals surface area contributed by atoms with Crippen LogP contribution in [0.5, 0.6) is 5.75 Å². The number of hydrogen-bond acceptors (Lipinski definition) is 6. The van der Waals surface area contributed by atoms with Gasteiger partial charge in [-0.2, -0.15) is 0 Å². The molecule has 9 heteroatoms. The Morgan fingerprint density at radius 3 is 2.36 bits per heavy atom. The summed E-state index contributed by atoms with van der Waals surface area (Å²) in [6.07, 6.45) is 0.0974. The van der Waals surface area contributed by atoms with E-state index in [1.54, 1.807) is 43.5 Å². The number of nitrogens with one attached hydrogen (secondary N) is 2. The van der Waals surface area contributed by atoms with E-state index in [2.05, 4.69) is 36.6 Å². The molecule has 0 radical (unpaired) electrons. The lowest BCUT2D eigenvalue weighted by molar-refractivity contribution is -0.120. The highest BCUT2D eigenvalue weighted by Gasteiger charge is 2.40. The van der Waals surface area contributed by atoms with Gasteiger partial charge in [0.1, 0.15) is 11.6 Å². The Labute approximate surface area is 249 Å². The average molecular weight is 585 g/mol. The van der Waals surface area contributed by atoms with Gasteiger partial charge in [-0.25, -0.2) is 9.38 Å². The summed E-state index contributed by atoms with van der Waals surface area (Å²) >= 11 is 1.44. The number of aliphatic imine (C=N–C) groups is 1. The number of fused-ring (bicyclic) bond motifs is 1. The summed E-state index contributed by atoms with van der Waals surface area (Å²) < 4.78 is 18.5. The first-order valence-electron chi connectivity index (χ1n) is 13.7. The molecule has 0 aromatic heterocycles. The quantitative estimate of drug-likeness (QED) is 0.287. The van der Waals surface area contributed by atoms with E-state index in [1.807, 2.05) is 29.4 Å². The molecule has 0 fully saturated rings. The van der Waals surface area contributed by atoms with Crippen LogP contribution in [-0.2, 0) is 16.1 Å². The van der Waals surface area contributed by atoms with E-state index in [9.17, 15) is 14.0 Å². The van der Waals surface area contributed by atoms with Crippen molar-refractivity contribution in [3.05, 3.63) is 118 Å². The first-order chi connectivity index (χ1) is 20.2. The Morgan fingerprint density at radius 2 is 1.71 bits per heavy atom. The van der Waals surface area contributed by atoms with E-state index < -0.39 is 6.04 Å². The second kappa shape index (κ2) is 12.7. The summed E-state index contributed by atoms with van der Waals surface area (Å²) in [6, 6.07) is 21.0. The van der Waals surface area contributed by atoms with E-state index in [1.165, 1.54) is 29.5 Å². The van der Waals surface area contributed by atoms with Gasteiger partial charge < -0.3 is 20.3 Å². The third-order valence-corrected chi connectivity index (χ3v) is 8.15. The Morgan fingerprint density at radius 1 is 1.02 bits per heavy atom. The minimum absolute atomic E-state index is 0.0974. The molecule has 2 heterocycles. The van der Waals surface area contributed by atoms with Crippen LogP contribution in [0.1, 0.15) is 55.8 Å². The number of nitrogens with zero attached hydrogens (tertiary/aromatic N) is 2. The van der Waals surface area contributed by atoms with Gasteiger partial charge in [0, 0.05) is 17.9 Å². The molecule has 3 aromatic carbocycles. The van der Waals surface area contributed by atoms with E-state index in [0.717, 1.165) is 16.8 Å². The average Bonchev–Trinajstić information content (AvgIpc) is 3.38. The molecule has 0 bridgehead atoms. The van der Waals surface area contributed by atoms with Crippen LogP contribution in [-0.4, -0.2) is 29.0 Å². The zero-order valence-electron chi connectivity index (χ0n) is 24.0. The molecular formula is C33H33FN4O3S. The third-order valence-electron chi connectivity index (χ3n) is 7.26. The molecule has 42 heavy (non-hydrogen) atoms. The number of hydrogen-bond donors (Lipinski definition) is 2. The van der Waals surface area contributed by atoms with Crippen LogP contribution in [0, 0.1) is 5.82 Å². The first-order valence-corrected chi connectivity index (χ1v) is 14.6. The minimum atomic E-state index is -0.483. The molecule has 0 aliphatic carbocycles. The highest BCUT2D eigenvalue weighted by molar-refractivity contribution is 8.16. The first kappa shape index (κ1) is 29.1. The fourth-order valence-corrected chi connectivity index (χ4v) is 5.91. The topological polar surface area (TPSA) is 83.0 Å². The molecule has 0 spiro atoms. The molecule has 5 rings (SSSR count). The SMILES string of the molecule is COc1ccc(NC(=O)C2=C(C)N=C3SC=C(CC(=O)NCc4ccc(F)cc4)N3[C@H]2c2ccc(C(C)C)cc2)cc1. The summed E-state index contributed by atoms with van der Waals surface area (Å²) in [7, 11) is 1.59. The molecule has 2 N–H and O–H groups in total. The van der Waals surface area contributed by atoms with Crippen LogP contribution >= 0.6 is 11.8 Å². The summed E-state index contributed by atoms with van der Waals surface area (Å²) in [6.45, 7) is 6.41. The number of amidine groups is 1. The highest BCUT2D eigenvalue weighted by atomic mass is 32.2. The second-order valence-corrected chi connectivity index (χ2v) is 11.3.